The molecule has 1 fully saturated rings. The highest BCUT2D eigenvalue weighted by atomic mass is 16.2. The Labute approximate surface area is 123 Å². The van der Waals surface area contributed by atoms with Crippen LogP contribution in [0.15, 0.2) is 36.5 Å². The van der Waals surface area contributed by atoms with Crippen LogP contribution >= 0.6 is 0 Å². The third kappa shape index (κ3) is 3.46. The molecule has 1 atom stereocenters. The van der Waals surface area contributed by atoms with E-state index >= 15 is 0 Å². The lowest BCUT2D eigenvalue weighted by molar-refractivity contribution is 0.0946. The van der Waals surface area contributed by atoms with Crippen molar-refractivity contribution in [1.29, 1.82) is 0 Å². The Morgan fingerprint density at radius 3 is 3.00 bits per heavy atom. The minimum absolute atomic E-state index is 0.164. The first-order valence-electron chi connectivity index (χ1n) is 7.29. The Balaban J connectivity index is 1.54. The van der Waals surface area contributed by atoms with Crippen molar-refractivity contribution >= 4 is 5.91 Å². The number of nitrogens with one attached hydrogen (secondary N) is 2. The predicted molar refractivity (Wildman–Crippen MR) is 79.3 cm³/mol. The molecule has 1 aromatic carbocycles. The Kier molecular flexibility index (Phi) is 4.25. The van der Waals surface area contributed by atoms with Gasteiger partial charge in [0, 0.05) is 6.54 Å². The van der Waals surface area contributed by atoms with E-state index in [4.69, 9.17) is 0 Å². The third-order valence-electron chi connectivity index (χ3n) is 3.71. The highest BCUT2D eigenvalue weighted by molar-refractivity contribution is 5.91. The van der Waals surface area contributed by atoms with Gasteiger partial charge in [0.1, 0.15) is 0 Å². The molecule has 0 radical (unpaired) electrons. The van der Waals surface area contributed by atoms with Gasteiger partial charge in [0.15, 0.2) is 5.69 Å². The zero-order valence-electron chi connectivity index (χ0n) is 11.8. The van der Waals surface area contributed by atoms with Gasteiger partial charge < -0.3 is 10.6 Å². The topological polar surface area (TPSA) is 71.8 Å². The van der Waals surface area contributed by atoms with Gasteiger partial charge in [0.05, 0.1) is 11.9 Å². The molecule has 2 aromatic rings. The first-order chi connectivity index (χ1) is 10.3. The van der Waals surface area contributed by atoms with Crippen LogP contribution in [-0.4, -0.2) is 40.5 Å². The molecule has 2 heterocycles. The number of para-hydroxylation sites is 1. The first kappa shape index (κ1) is 13.8. The maximum Gasteiger partial charge on any atom is 0.273 e. The van der Waals surface area contributed by atoms with Gasteiger partial charge in [0.25, 0.3) is 5.91 Å². The van der Waals surface area contributed by atoms with Gasteiger partial charge in [-0.05, 0) is 44.0 Å². The molecule has 0 spiro atoms. The number of rotatable bonds is 5. The van der Waals surface area contributed by atoms with Crippen LogP contribution in [-0.2, 0) is 0 Å². The van der Waals surface area contributed by atoms with Crippen molar-refractivity contribution in [2.75, 3.05) is 19.6 Å². The van der Waals surface area contributed by atoms with E-state index in [1.54, 1.807) is 0 Å². The second kappa shape index (κ2) is 6.49. The number of benzene rings is 1. The quantitative estimate of drug-likeness (QED) is 0.859. The number of aromatic nitrogens is 3. The van der Waals surface area contributed by atoms with Crippen LogP contribution in [0.4, 0.5) is 0 Å². The van der Waals surface area contributed by atoms with Gasteiger partial charge >= 0.3 is 0 Å². The molecule has 0 bridgehead atoms. The Morgan fingerprint density at radius 1 is 1.38 bits per heavy atom. The fourth-order valence-corrected chi connectivity index (χ4v) is 2.49. The molecule has 0 saturated carbocycles. The standard InChI is InChI=1S/C15H19N5O/c21-15(17-9-7-12-6-8-16-10-12)14-11-18-20(19-14)13-4-2-1-3-5-13/h1-5,11-12,16H,6-10H2,(H,17,21). The van der Waals surface area contributed by atoms with Gasteiger partial charge in [-0.25, -0.2) is 0 Å². The van der Waals surface area contributed by atoms with Crippen LogP contribution in [0, 0.1) is 5.92 Å². The average Bonchev–Trinajstić information content (AvgIpc) is 3.20. The monoisotopic (exact) mass is 285 g/mol. The number of nitrogens with zero attached hydrogens (tertiary/aromatic N) is 3. The zero-order valence-corrected chi connectivity index (χ0v) is 11.8. The number of carbonyl (C=O) groups is 1. The molecule has 3 rings (SSSR count). The zero-order chi connectivity index (χ0) is 14.5. The van der Waals surface area contributed by atoms with E-state index in [1.165, 1.54) is 17.4 Å². The number of carbonyl (C=O) groups excluding carboxylic acids is 1. The highest BCUT2D eigenvalue weighted by Crippen LogP contribution is 2.11. The predicted octanol–water partition coefficient (Wildman–Crippen LogP) is 0.997. The second-order valence-electron chi connectivity index (χ2n) is 5.26. The summed E-state index contributed by atoms with van der Waals surface area (Å²) in [5.41, 5.74) is 1.19. The molecule has 6 heteroatoms. The summed E-state index contributed by atoms with van der Waals surface area (Å²) in [5.74, 6) is 0.508. The lowest BCUT2D eigenvalue weighted by Gasteiger charge is -2.08. The van der Waals surface area contributed by atoms with Crippen LogP contribution in [0.3, 0.4) is 0 Å². The van der Waals surface area contributed by atoms with Gasteiger partial charge in [0.2, 0.25) is 0 Å². The Hall–Kier alpha value is -2.21. The minimum atomic E-state index is -0.164. The molecule has 1 aliphatic rings. The van der Waals surface area contributed by atoms with E-state index in [1.807, 2.05) is 30.3 Å². The van der Waals surface area contributed by atoms with Gasteiger partial charge in [-0.3, -0.25) is 4.79 Å². The van der Waals surface area contributed by atoms with E-state index in [2.05, 4.69) is 20.8 Å². The molecular formula is C15H19N5O. The molecule has 1 amide bonds. The van der Waals surface area contributed by atoms with Crippen molar-refractivity contribution in [3.05, 3.63) is 42.2 Å². The summed E-state index contributed by atoms with van der Waals surface area (Å²) >= 11 is 0. The number of hydrogen-bond acceptors (Lipinski definition) is 4. The molecule has 1 aliphatic heterocycles. The lowest BCUT2D eigenvalue weighted by Crippen LogP contribution is -2.26. The minimum Gasteiger partial charge on any atom is -0.351 e. The average molecular weight is 285 g/mol. The van der Waals surface area contributed by atoms with Crippen molar-refractivity contribution < 1.29 is 4.79 Å². The van der Waals surface area contributed by atoms with E-state index in [0.717, 1.165) is 25.2 Å². The third-order valence-corrected chi connectivity index (χ3v) is 3.71. The summed E-state index contributed by atoms with van der Waals surface area (Å²) in [4.78, 5) is 13.5. The van der Waals surface area contributed by atoms with Crippen molar-refractivity contribution in [3.63, 3.8) is 0 Å². The molecule has 1 aromatic heterocycles. The van der Waals surface area contributed by atoms with Crippen LogP contribution in [0.25, 0.3) is 5.69 Å². The molecular weight excluding hydrogens is 266 g/mol. The van der Waals surface area contributed by atoms with E-state index in [9.17, 15) is 4.79 Å². The summed E-state index contributed by atoms with van der Waals surface area (Å²) in [6.45, 7) is 2.83. The summed E-state index contributed by atoms with van der Waals surface area (Å²) in [6, 6.07) is 9.55. The van der Waals surface area contributed by atoms with E-state index in [0.29, 0.717) is 18.2 Å². The van der Waals surface area contributed by atoms with Gasteiger partial charge in [-0.15, -0.1) is 5.10 Å². The summed E-state index contributed by atoms with van der Waals surface area (Å²) in [7, 11) is 0. The van der Waals surface area contributed by atoms with Gasteiger partial charge in [-0.1, -0.05) is 18.2 Å². The smallest absolute Gasteiger partial charge is 0.273 e. The normalized spacial score (nSPS) is 17.8. The molecule has 0 aliphatic carbocycles. The number of hydrogen-bond donors (Lipinski definition) is 2. The van der Waals surface area contributed by atoms with Crippen LogP contribution in [0.1, 0.15) is 23.3 Å². The van der Waals surface area contributed by atoms with Crippen LogP contribution in [0.5, 0.6) is 0 Å². The SMILES string of the molecule is O=C(NCCC1CCNC1)c1cnn(-c2ccccc2)n1. The van der Waals surface area contributed by atoms with E-state index in [-0.39, 0.29) is 5.91 Å². The molecule has 6 nitrogen and oxygen atoms in total. The number of amides is 1. The van der Waals surface area contributed by atoms with Gasteiger partial charge in [-0.2, -0.15) is 9.90 Å². The maximum absolute atomic E-state index is 12.0. The summed E-state index contributed by atoms with van der Waals surface area (Å²) in [5, 5.41) is 14.6. The fourth-order valence-electron chi connectivity index (χ4n) is 2.49. The summed E-state index contributed by atoms with van der Waals surface area (Å²) in [6.07, 6.45) is 3.70. The fraction of sp³-hybridized carbons (Fsp3) is 0.400. The van der Waals surface area contributed by atoms with Crippen LogP contribution < -0.4 is 10.6 Å². The maximum atomic E-state index is 12.0. The van der Waals surface area contributed by atoms with Crippen molar-refractivity contribution in [3.8, 4) is 5.69 Å². The van der Waals surface area contributed by atoms with Crippen LogP contribution in [0.2, 0.25) is 0 Å². The first-order valence-corrected chi connectivity index (χ1v) is 7.29. The van der Waals surface area contributed by atoms with Crippen molar-refractivity contribution in [2.24, 2.45) is 5.92 Å². The Morgan fingerprint density at radius 2 is 2.24 bits per heavy atom. The van der Waals surface area contributed by atoms with E-state index < -0.39 is 0 Å². The highest BCUT2D eigenvalue weighted by Gasteiger charge is 2.15. The molecule has 1 unspecified atom stereocenters. The largest absolute Gasteiger partial charge is 0.351 e. The van der Waals surface area contributed by atoms with Crippen molar-refractivity contribution in [1.82, 2.24) is 25.6 Å². The molecule has 2 N–H and O–H groups in total. The summed E-state index contributed by atoms with van der Waals surface area (Å²) < 4.78 is 0. The lowest BCUT2D eigenvalue weighted by atomic mass is 10.1. The van der Waals surface area contributed by atoms with Crippen molar-refractivity contribution in [2.45, 2.75) is 12.8 Å². The Bertz CT molecular complexity index is 589. The molecule has 1 saturated heterocycles. The molecule has 21 heavy (non-hydrogen) atoms. The molecule has 110 valence electrons. The second-order valence-corrected chi connectivity index (χ2v) is 5.26.